The van der Waals surface area contributed by atoms with E-state index in [2.05, 4.69) is 10.3 Å². The number of carbonyl (C=O) groups excluding carboxylic acids is 2. The van der Waals surface area contributed by atoms with Crippen molar-refractivity contribution in [1.82, 2.24) is 15.2 Å². The standard InChI is InChI=1S/C15H19N3O4/c1-9-6-11(16-8-9)13(20)18-4-2-15(3-5-18)10(14(21)22)7-12(19)17-15/h6,8,10,16H,2-5,7H2,1H3,(H,17,19)(H,21,22)/t10-/m0/s1. The van der Waals surface area contributed by atoms with Gasteiger partial charge in [-0.2, -0.15) is 0 Å². The number of nitrogens with one attached hydrogen (secondary N) is 2. The summed E-state index contributed by atoms with van der Waals surface area (Å²) in [7, 11) is 0. The second-order valence-electron chi connectivity index (χ2n) is 6.18. The largest absolute Gasteiger partial charge is 0.481 e. The summed E-state index contributed by atoms with van der Waals surface area (Å²) in [6.45, 7) is 2.80. The molecule has 2 aliphatic rings. The molecule has 0 saturated carbocycles. The third kappa shape index (κ3) is 2.36. The van der Waals surface area contributed by atoms with Crippen LogP contribution < -0.4 is 5.32 Å². The van der Waals surface area contributed by atoms with E-state index in [0.29, 0.717) is 31.6 Å². The Balaban J connectivity index is 1.71. The molecular formula is C15H19N3O4. The van der Waals surface area contributed by atoms with Gasteiger partial charge in [0, 0.05) is 25.7 Å². The molecule has 7 heteroatoms. The summed E-state index contributed by atoms with van der Waals surface area (Å²) in [5.74, 6) is -1.95. The van der Waals surface area contributed by atoms with Gasteiger partial charge in [-0.25, -0.2) is 0 Å². The van der Waals surface area contributed by atoms with Crippen molar-refractivity contribution >= 4 is 17.8 Å². The summed E-state index contributed by atoms with van der Waals surface area (Å²) < 4.78 is 0. The quantitative estimate of drug-likeness (QED) is 0.741. The molecule has 0 radical (unpaired) electrons. The van der Waals surface area contributed by atoms with Crippen LogP contribution in [0.1, 0.15) is 35.3 Å². The Labute approximate surface area is 127 Å². The van der Waals surface area contributed by atoms with E-state index in [1.54, 1.807) is 17.2 Å². The highest BCUT2D eigenvalue weighted by molar-refractivity contribution is 5.93. The lowest BCUT2D eigenvalue weighted by Crippen LogP contribution is -2.56. The monoisotopic (exact) mass is 305 g/mol. The zero-order valence-electron chi connectivity index (χ0n) is 12.4. The summed E-state index contributed by atoms with van der Waals surface area (Å²) in [4.78, 5) is 40.0. The summed E-state index contributed by atoms with van der Waals surface area (Å²) in [6, 6.07) is 1.80. The molecule has 22 heavy (non-hydrogen) atoms. The first-order valence-electron chi connectivity index (χ1n) is 7.39. The van der Waals surface area contributed by atoms with E-state index in [0.717, 1.165) is 5.56 Å². The number of aromatic amines is 1. The normalized spacial score (nSPS) is 23.6. The maximum Gasteiger partial charge on any atom is 0.309 e. The minimum atomic E-state index is -0.946. The minimum Gasteiger partial charge on any atom is -0.481 e. The van der Waals surface area contributed by atoms with Crippen LogP contribution in [0.3, 0.4) is 0 Å². The average molecular weight is 305 g/mol. The van der Waals surface area contributed by atoms with Crippen LogP contribution in [0.15, 0.2) is 12.3 Å². The van der Waals surface area contributed by atoms with Crippen LogP contribution in [-0.4, -0.2) is 51.4 Å². The molecule has 7 nitrogen and oxygen atoms in total. The Hall–Kier alpha value is -2.31. The molecule has 0 unspecified atom stereocenters. The molecule has 2 amide bonds. The van der Waals surface area contributed by atoms with E-state index in [1.807, 2.05) is 6.92 Å². The lowest BCUT2D eigenvalue weighted by Gasteiger charge is -2.41. The van der Waals surface area contributed by atoms with E-state index in [1.165, 1.54) is 0 Å². The van der Waals surface area contributed by atoms with Crippen LogP contribution in [0.2, 0.25) is 0 Å². The lowest BCUT2D eigenvalue weighted by molar-refractivity contribution is -0.144. The van der Waals surface area contributed by atoms with E-state index < -0.39 is 17.4 Å². The molecule has 1 aromatic heterocycles. The van der Waals surface area contributed by atoms with Crippen molar-refractivity contribution in [3.05, 3.63) is 23.5 Å². The highest BCUT2D eigenvalue weighted by Crippen LogP contribution is 2.37. The first kappa shape index (κ1) is 14.6. The number of aliphatic carboxylic acids is 1. The van der Waals surface area contributed by atoms with Gasteiger partial charge >= 0.3 is 5.97 Å². The Kier molecular flexibility index (Phi) is 3.42. The van der Waals surface area contributed by atoms with Gasteiger partial charge in [-0.05, 0) is 31.4 Å². The number of carboxylic acids is 1. The number of H-pyrrole nitrogens is 1. The van der Waals surface area contributed by atoms with Gasteiger partial charge in [0.15, 0.2) is 0 Å². The van der Waals surface area contributed by atoms with E-state index >= 15 is 0 Å². The molecular weight excluding hydrogens is 286 g/mol. The van der Waals surface area contributed by atoms with Gasteiger partial charge in [-0.3, -0.25) is 14.4 Å². The predicted octanol–water partition coefficient (Wildman–Crippen LogP) is 0.519. The number of hydrogen-bond acceptors (Lipinski definition) is 3. The van der Waals surface area contributed by atoms with E-state index in [9.17, 15) is 19.5 Å². The second-order valence-corrected chi connectivity index (χ2v) is 6.18. The van der Waals surface area contributed by atoms with Gasteiger partial charge < -0.3 is 20.3 Å². The number of hydrogen-bond donors (Lipinski definition) is 3. The number of amides is 2. The molecule has 0 aromatic carbocycles. The van der Waals surface area contributed by atoms with Gasteiger partial charge in [0.1, 0.15) is 5.69 Å². The zero-order valence-corrected chi connectivity index (χ0v) is 12.4. The van der Waals surface area contributed by atoms with Gasteiger partial charge in [0.05, 0.1) is 11.5 Å². The first-order chi connectivity index (χ1) is 10.4. The van der Waals surface area contributed by atoms with Crippen LogP contribution in [0.25, 0.3) is 0 Å². The minimum absolute atomic E-state index is 0.0269. The Morgan fingerprint density at radius 3 is 2.59 bits per heavy atom. The summed E-state index contributed by atoms with van der Waals surface area (Å²) >= 11 is 0. The van der Waals surface area contributed by atoms with Crippen LogP contribution in [-0.2, 0) is 9.59 Å². The number of rotatable bonds is 2. The van der Waals surface area contributed by atoms with Crippen molar-refractivity contribution in [2.45, 2.75) is 31.7 Å². The number of carbonyl (C=O) groups is 3. The van der Waals surface area contributed by atoms with Crippen molar-refractivity contribution in [2.75, 3.05) is 13.1 Å². The topological polar surface area (TPSA) is 103 Å². The van der Waals surface area contributed by atoms with E-state index in [-0.39, 0.29) is 18.2 Å². The molecule has 1 aromatic rings. The van der Waals surface area contributed by atoms with Crippen molar-refractivity contribution in [2.24, 2.45) is 5.92 Å². The summed E-state index contributed by atoms with van der Waals surface area (Å²) in [5.41, 5.74) is 0.829. The lowest BCUT2D eigenvalue weighted by atomic mass is 9.77. The van der Waals surface area contributed by atoms with Gasteiger partial charge in [-0.1, -0.05) is 0 Å². The van der Waals surface area contributed by atoms with Gasteiger partial charge in [0.2, 0.25) is 5.91 Å². The molecule has 2 saturated heterocycles. The Morgan fingerprint density at radius 1 is 1.36 bits per heavy atom. The number of aryl methyl sites for hydroxylation is 1. The summed E-state index contributed by atoms with van der Waals surface area (Å²) in [5, 5.41) is 12.2. The first-order valence-corrected chi connectivity index (χ1v) is 7.39. The fourth-order valence-corrected chi connectivity index (χ4v) is 3.50. The van der Waals surface area contributed by atoms with Crippen LogP contribution in [0, 0.1) is 12.8 Å². The second kappa shape index (κ2) is 5.15. The van der Waals surface area contributed by atoms with Crippen molar-refractivity contribution < 1.29 is 19.5 Å². The molecule has 0 bridgehead atoms. The summed E-state index contributed by atoms with van der Waals surface area (Å²) in [6.07, 6.45) is 2.75. The third-order valence-electron chi connectivity index (χ3n) is 4.74. The molecule has 3 heterocycles. The smallest absolute Gasteiger partial charge is 0.309 e. The highest BCUT2D eigenvalue weighted by atomic mass is 16.4. The van der Waals surface area contributed by atoms with Crippen LogP contribution in [0.5, 0.6) is 0 Å². The Bertz CT molecular complexity index is 628. The molecule has 118 valence electrons. The molecule has 2 aliphatic heterocycles. The van der Waals surface area contributed by atoms with Crippen molar-refractivity contribution in [3.8, 4) is 0 Å². The molecule has 2 fully saturated rings. The van der Waals surface area contributed by atoms with E-state index in [4.69, 9.17) is 0 Å². The zero-order chi connectivity index (χ0) is 15.9. The molecule has 3 rings (SSSR count). The van der Waals surface area contributed by atoms with Crippen LogP contribution >= 0.6 is 0 Å². The maximum absolute atomic E-state index is 12.4. The number of likely N-dealkylation sites (tertiary alicyclic amines) is 1. The Morgan fingerprint density at radius 2 is 2.05 bits per heavy atom. The highest BCUT2D eigenvalue weighted by Gasteiger charge is 2.52. The van der Waals surface area contributed by atoms with Crippen LogP contribution in [0.4, 0.5) is 0 Å². The fraction of sp³-hybridized carbons (Fsp3) is 0.533. The van der Waals surface area contributed by atoms with Gasteiger partial charge in [0.25, 0.3) is 5.91 Å². The molecule has 1 atom stereocenters. The SMILES string of the molecule is Cc1c[nH]c(C(=O)N2CCC3(CC2)NC(=O)C[C@H]3C(=O)O)c1. The number of nitrogens with zero attached hydrogens (tertiary/aromatic N) is 1. The number of piperidine rings is 1. The average Bonchev–Trinajstić information content (AvgIpc) is 3.03. The number of aromatic nitrogens is 1. The number of carboxylic acid groups (broad SMARTS) is 1. The fourth-order valence-electron chi connectivity index (χ4n) is 3.50. The third-order valence-corrected chi connectivity index (χ3v) is 4.74. The molecule has 0 aliphatic carbocycles. The molecule has 1 spiro atoms. The van der Waals surface area contributed by atoms with Crippen molar-refractivity contribution in [3.63, 3.8) is 0 Å². The predicted molar refractivity (Wildman–Crippen MR) is 77.3 cm³/mol. The van der Waals surface area contributed by atoms with Gasteiger partial charge in [-0.15, -0.1) is 0 Å². The van der Waals surface area contributed by atoms with Crippen molar-refractivity contribution in [1.29, 1.82) is 0 Å². The molecule has 3 N–H and O–H groups in total. The maximum atomic E-state index is 12.4.